The predicted octanol–water partition coefficient (Wildman–Crippen LogP) is 2.43. The lowest BCUT2D eigenvalue weighted by Crippen LogP contribution is -2.27. The third-order valence-electron chi connectivity index (χ3n) is 4.83. The topological polar surface area (TPSA) is 68.0 Å². The van der Waals surface area contributed by atoms with E-state index in [-0.39, 0.29) is 23.4 Å². The molecule has 4 nitrogen and oxygen atoms in total. The largest absolute Gasteiger partial charge is 0.327 e. The summed E-state index contributed by atoms with van der Waals surface area (Å²) in [5.41, 5.74) is 6.43. The number of pyridine rings is 1. The average molecular weight is 303 g/mol. The van der Waals surface area contributed by atoms with Crippen LogP contribution in [0.5, 0.6) is 0 Å². The molecular formula is C16H15F2N3O. The first-order valence-corrected chi connectivity index (χ1v) is 7.35. The van der Waals surface area contributed by atoms with Gasteiger partial charge in [0.05, 0.1) is 11.9 Å². The minimum atomic E-state index is -0.974. The normalized spacial score (nSPS) is 29.4. The second kappa shape index (κ2) is 4.71. The molecule has 2 aliphatic rings. The highest BCUT2D eigenvalue weighted by Crippen LogP contribution is 2.54. The fraction of sp³-hybridized carbons (Fsp3) is 0.375. The number of fused-ring (bicyclic) bond motifs is 2. The number of halogens is 2. The Morgan fingerprint density at radius 1 is 1.27 bits per heavy atom. The fourth-order valence-corrected chi connectivity index (χ4v) is 3.58. The summed E-state index contributed by atoms with van der Waals surface area (Å²) in [7, 11) is 0. The van der Waals surface area contributed by atoms with Crippen LogP contribution in [0.4, 0.5) is 14.5 Å². The van der Waals surface area contributed by atoms with E-state index in [1.807, 2.05) is 0 Å². The molecule has 22 heavy (non-hydrogen) atoms. The van der Waals surface area contributed by atoms with Crippen molar-refractivity contribution in [3.8, 4) is 0 Å². The highest BCUT2D eigenvalue weighted by Gasteiger charge is 2.55. The smallest absolute Gasteiger partial charge is 0.227 e. The summed E-state index contributed by atoms with van der Waals surface area (Å²) < 4.78 is 26.8. The zero-order valence-electron chi connectivity index (χ0n) is 11.7. The summed E-state index contributed by atoms with van der Waals surface area (Å²) in [5.74, 6) is -1.14. The number of benzene rings is 1. The van der Waals surface area contributed by atoms with Crippen LogP contribution in [0.15, 0.2) is 24.4 Å². The van der Waals surface area contributed by atoms with E-state index < -0.39 is 11.6 Å². The number of rotatable bonds is 2. The van der Waals surface area contributed by atoms with Gasteiger partial charge in [0.2, 0.25) is 5.91 Å². The molecule has 4 rings (SSSR count). The van der Waals surface area contributed by atoms with Gasteiger partial charge in [0, 0.05) is 17.3 Å². The summed E-state index contributed by atoms with van der Waals surface area (Å²) in [5, 5.41) is 3.26. The summed E-state index contributed by atoms with van der Waals surface area (Å²) in [6.45, 7) is 0. The maximum atomic E-state index is 13.6. The van der Waals surface area contributed by atoms with Gasteiger partial charge in [-0.3, -0.25) is 9.78 Å². The Hall–Kier alpha value is -2.08. The molecule has 0 saturated heterocycles. The van der Waals surface area contributed by atoms with Gasteiger partial charge in [-0.25, -0.2) is 8.78 Å². The Morgan fingerprint density at radius 2 is 2.09 bits per heavy atom. The molecule has 0 aliphatic heterocycles. The van der Waals surface area contributed by atoms with Crippen LogP contribution in [0.3, 0.4) is 0 Å². The molecule has 1 amide bonds. The van der Waals surface area contributed by atoms with E-state index in [0.717, 1.165) is 12.5 Å². The number of hydrogen-bond acceptors (Lipinski definition) is 3. The van der Waals surface area contributed by atoms with Gasteiger partial charge in [0.25, 0.3) is 0 Å². The molecule has 4 atom stereocenters. The molecule has 3 N–H and O–H groups in total. The zero-order valence-corrected chi connectivity index (χ0v) is 11.7. The van der Waals surface area contributed by atoms with Crippen molar-refractivity contribution in [2.75, 3.05) is 5.32 Å². The average Bonchev–Trinajstić information content (AvgIpc) is 3.22. The zero-order chi connectivity index (χ0) is 15.4. The van der Waals surface area contributed by atoms with Crippen molar-refractivity contribution in [2.45, 2.75) is 18.9 Å². The molecule has 2 saturated carbocycles. The Morgan fingerprint density at radius 3 is 2.77 bits per heavy atom. The van der Waals surface area contributed by atoms with Crippen molar-refractivity contribution in [1.82, 2.24) is 4.98 Å². The monoisotopic (exact) mass is 303 g/mol. The summed E-state index contributed by atoms with van der Waals surface area (Å²) in [4.78, 5) is 16.2. The number of nitrogens with two attached hydrogens (primary N) is 1. The van der Waals surface area contributed by atoms with Gasteiger partial charge in [-0.2, -0.15) is 0 Å². The molecule has 114 valence electrons. The van der Waals surface area contributed by atoms with Crippen molar-refractivity contribution < 1.29 is 13.6 Å². The van der Waals surface area contributed by atoms with Crippen molar-refractivity contribution in [3.63, 3.8) is 0 Å². The Bertz CT molecular complexity index is 779. The van der Waals surface area contributed by atoms with E-state index in [1.54, 1.807) is 6.07 Å². The van der Waals surface area contributed by atoms with Crippen molar-refractivity contribution in [1.29, 1.82) is 0 Å². The van der Waals surface area contributed by atoms with Crippen LogP contribution in [0.2, 0.25) is 0 Å². The van der Waals surface area contributed by atoms with Gasteiger partial charge in [0.15, 0.2) is 11.6 Å². The molecule has 1 aromatic heterocycles. The molecule has 6 heteroatoms. The van der Waals surface area contributed by atoms with Crippen LogP contribution < -0.4 is 11.1 Å². The van der Waals surface area contributed by atoms with E-state index in [1.165, 1.54) is 12.3 Å². The number of carbonyl (C=O) groups is 1. The standard InChI is InChI=1S/C16H15F2N3O/c17-12-2-1-7-3-8(6-20-15(7)14(12)18)21-16(22)11-5-13(19)10-4-9(10)11/h1-3,6,9-11,13H,4-5,19H2,(H,21,22)/t9-,10+,11-,13+/m0/s1. The first-order valence-electron chi connectivity index (χ1n) is 7.35. The number of amides is 1. The molecule has 2 aromatic rings. The first-order chi connectivity index (χ1) is 10.5. The number of nitrogens with one attached hydrogen (secondary N) is 1. The molecule has 0 spiro atoms. The highest BCUT2D eigenvalue weighted by atomic mass is 19.2. The first kappa shape index (κ1) is 13.6. The van der Waals surface area contributed by atoms with Crippen molar-refractivity contribution in [3.05, 3.63) is 36.0 Å². The lowest BCUT2D eigenvalue weighted by Gasteiger charge is -2.14. The number of aromatic nitrogens is 1. The SMILES string of the molecule is N[C@@H]1C[C@H](C(=O)Nc2cnc3c(F)c(F)ccc3c2)[C@H]2C[C@H]21. The Labute approximate surface area is 125 Å². The minimum Gasteiger partial charge on any atom is -0.327 e. The van der Waals surface area contributed by atoms with Crippen LogP contribution in [0, 0.1) is 29.4 Å². The molecule has 2 aliphatic carbocycles. The molecule has 1 aromatic carbocycles. The summed E-state index contributed by atoms with van der Waals surface area (Å²) in [6, 6.07) is 4.21. The lowest BCUT2D eigenvalue weighted by molar-refractivity contribution is -0.120. The van der Waals surface area contributed by atoms with E-state index in [9.17, 15) is 13.6 Å². The van der Waals surface area contributed by atoms with Crippen LogP contribution in [-0.2, 0) is 4.79 Å². The summed E-state index contributed by atoms with van der Waals surface area (Å²) in [6.07, 6.45) is 3.09. The maximum Gasteiger partial charge on any atom is 0.227 e. The minimum absolute atomic E-state index is 0.0388. The van der Waals surface area contributed by atoms with Crippen molar-refractivity contribution in [2.24, 2.45) is 23.5 Å². The third kappa shape index (κ3) is 2.06. The van der Waals surface area contributed by atoms with Gasteiger partial charge in [-0.1, -0.05) is 0 Å². The third-order valence-corrected chi connectivity index (χ3v) is 4.83. The predicted molar refractivity (Wildman–Crippen MR) is 78.0 cm³/mol. The molecule has 0 radical (unpaired) electrons. The van der Waals surface area contributed by atoms with E-state index in [0.29, 0.717) is 29.3 Å². The molecular weight excluding hydrogens is 288 g/mol. The van der Waals surface area contributed by atoms with Crippen LogP contribution in [0.1, 0.15) is 12.8 Å². The second-order valence-electron chi connectivity index (χ2n) is 6.22. The fourth-order valence-electron chi connectivity index (χ4n) is 3.58. The highest BCUT2D eigenvalue weighted by molar-refractivity contribution is 5.95. The molecule has 0 unspecified atom stereocenters. The lowest BCUT2D eigenvalue weighted by atomic mass is 10.0. The van der Waals surface area contributed by atoms with Gasteiger partial charge < -0.3 is 11.1 Å². The van der Waals surface area contributed by atoms with Crippen LogP contribution in [-0.4, -0.2) is 16.9 Å². The van der Waals surface area contributed by atoms with Crippen LogP contribution >= 0.6 is 0 Å². The second-order valence-corrected chi connectivity index (χ2v) is 6.22. The molecule has 2 fully saturated rings. The van der Waals surface area contributed by atoms with Crippen molar-refractivity contribution >= 4 is 22.5 Å². The Balaban J connectivity index is 1.57. The number of nitrogens with zero attached hydrogens (tertiary/aromatic N) is 1. The number of carbonyl (C=O) groups excluding carboxylic acids is 1. The van der Waals surface area contributed by atoms with Crippen LogP contribution in [0.25, 0.3) is 10.9 Å². The van der Waals surface area contributed by atoms with E-state index in [2.05, 4.69) is 10.3 Å². The van der Waals surface area contributed by atoms with Gasteiger partial charge in [-0.15, -0.1) is 0 Å². The molecule has 0 bridgehead atoms. The van der Waals surface area contributed by atoms with Gasteiger partial charge >= 0.3 is 0 Å². The quantitative estimate of drug-likeness (QED) is 0.895. The number of hydrogen-bond donors (Lipinski definition) is 2. The summed E-state index contributed by atoms with van der Waals surface area (Å²) >= 11 is 0. The number of anilines is 1. The molecule has 1 heterocycles. The van der Waals surface area contributed by atoms with Gasteiger partial charge in [0.1, 0.15) is 5.52 Å². The Kier molecular flexibility index (Phi) is 2.91. The maximum absolute atomic E-state index is 13.6. The van der Waals surface area contributed by atoms with E-state index in [4.69, 9.17) is 5.73 Å². The van der Waals surface area contributed by atoms with Gasteiger partial charge in [-0.05, 0) is 42.9 Å². The van der Waals surface area contributed by atoms with E-state index >= 15 is 0 Å².